The van der Waals surface area contributed by atoms with Crippen molar-refractivity contribution in [3.05, 3.63) is 44.3 Å². The van der Waals surface area contributed by atoms with Crippen LogP contribution in [-0.2, 0) is 4.79 Å². The molecular weight excluding hydrogens is 444 g/mol. The number of nitrogens with zero attached hydrogens (tertiary/aromatic N) is 2. The van der Waals surface area contributed by atoms with Crippen LogP contribution in [-0.4, -0.2) is 15.5 Å². The summed E-state index contributed by atoms with van der Waals surface area (Å²) < 4.78 is 9.37. The summed E-state index contributed by atoms with van der Waals surface area (Å²) in [7, 11) is 0. The van der Waals surface area contributed by atoms with Gasteiger partial charge in [0.25, 0.3) is 0 Å². The van der Waals surface area contributed by atoms with Gasteiger partial charge >= 0.3 is 5.97 Å². The molecule has 0 spiro atoms. The number of benzene rings is 1. The molecule has 7 heteroatoms. The molecule has 1 atom stereocenters. The number of carbonyl (C=O) groups is 1. The zero-order valence-corrected chi connectivity index (χ0v) is 14.6. The maximum Gasteiger partial charge on any atom is 0.334 e. The number of esters is 1. The Morgan fingerprint density at radius 2 is 1.95 bits per heavy atom. The first-order chi connectivity index (χ1) is 8.99. The minimum atomic E-state index is -0.440. The molecule has 0 bridgehead atoms. The van der Waals surface area contributed by atoms with Crippen molar-refractivity contribution in [2.24, 2.45) is 0 Å². The average molecular weight is 453 g/mol. The van der Waals surface area contributed by atoms with E-state index in [0.717, 1.165) is 4.47 Å². The Hall–Kier alpha value is -0.660. The normalized spacial score (nSPS) is 12.2. The summed E-state index contributed by atoms with van der Waals surface area (Å²) in [6.07, 6.45) is 4.92. The minimum absolute atomic E-state index is 0.360. The van der Waals surface area contributed by atoms with Crippen LogP contribution in [0.15, 0.2) is 44.3 Å². The van der Waals surface area contributed by atoms with Gasteiger partial charge in [-0.1, -0.05) is 15.9 Å². The number of carbonyl (C=O) groups excluding carboxylic acids is 1. The molecule has 1 heterocycles. The highest BCUT2D eigenvalue weighted by Crippen LogP contribution is 2.37. The van der Waals surface area contributed by atoms with Gasteiger partial charge in [-0.25, -0.2) is 9.78 Å². The van der Waals surface area contributed by atoms with E-state index < -0.39 is 6.04 Å². The van der Waals surface area contributed by atoms with Gasteiger partial charge in [-0.15, -0.1) is 0 Å². The number of aromatic nitrogens is 2. The lowest BCUT2D eigenvalue weighted by atomic mass is 10.3. The molecule has 1 aromatic carbocycles. The molecule has 1 aromatic heterocycles. The van der Waals surface area contributed by atoms with E-state index in [0.29, 0.717) is 14.7 Å². The molecule has 4 nitrogen and oxygen atoms in total. The lowest BCUT2D eigenvalue weighted by molar-refractivity contribution is -0.137. The third-order valence-corrected chi connectivity index (χ3v) is 4.11. The van der Waals surface area contributed by atoms with Gasteiger partial charge in [0.2, 0.25) is 0 Å². The number of halogens is 3. The molecule has 0 aliphatic heterocycles. The highest BCUT2D eigenvalue weighted by molar-refractivity contribution is 9.11. The minimum Gasteiger partial charge on any atom is -0.423 e. The summed E-state index contributed by atoms with van der Waals surface area (Å²) in [5.41, 5.74) is 0. The summed E-state index contributed by atoms with van der Waals surface area (Å²) in [4.78, 5) is 16.0. The number of rotatable bonds is 3. The summed E-state index contributed by atoms with van der Waals surface area (Å²) in [5.74, 6) is 0.0990. The van der Waals surface area contributed by atoms with Crippen molar-refractivity contribution >= 4 is 53.8 Å². The number of ether oxygens (including phenoxy) is 1. The fourth-order valence-electron chi connectivity index (χ4n) is 1.43. The first kappa shape index (κ1) is 14.7. The number of hydrogen-bond donors (Lipinski definition) is 0. The van der Waals surface area contributed by atoms with Gasteiger partial charge in [0.15, 0.2) is 5.75 Å². The molecule has 0 saturated carbocycles. The molecule has 0 radical (unpaired) electrons. The smallest absolute Gasteiger partial charge is 0.334 e. The van der Waals surface area contributed by atoms with Crippen LogP contribution >= 0.6 is 47.8 Å². The van der Waals surface area contributed by atoms with Crippen molar-refractivity contribution in [3.8, 4) is 5.75 Å². The van der Waals surface area contributed by atoms with Crippen molar-refractivity contribution < 1.29 is 9.53 Å². The summed E-state index contributed by atoms with van der Waals surface area (Å²) >= 11 is 10.1. The van der Waals surface area contributed by atoms with Crippen molar-refractivity contribution in [3.63, 3.8) is 0 Å². The topological polar surface area (TPSA) is 44.1 Å². The SMILES string of the molecule is CC(C(=O)Oc1c(Br)cc(Br)cc1Br)n1ccnc1. The van der Waals surface area contributed by atoms with Crippen LogP contribution in [0.4, 0.5) is 0 Å². The fourth-order valence-corrected chi connectivity index (χ4v) is 3.85. The third kappa shape index (κ3) is 3.46. The summed E-state index contributed by atoms with van der Waals surface area (Å²) in [6, 6.07) is 3.19. The van der Waals surface area contributed by atoms with Gasteiger partial charge < -0.3 is 9.30 Å². The van der Waals surface area contributed by atoms with Gasteiger partial charge in [0.05, 0.1) is 15.3 Å². The Morgan fingerprint density at radius 1 is 1.32 bits per heavy atom. The largest absolute Gasteiger partial charge is 0.423 e. The fraction of sp³-hybridized carbons (Fsp3) is 0.167. The Balaban J connectivity index is 2.20. The second-order valence-electron chi connectivity index (χ2n) is 3.81. The lowest BCUT2D eigenvalue weighted by Crippen LogP contribution is -2.21. The second kappa shape index (κ2) is 6.19. The van der Waals surface area contributed by atoms with E-state index in [4.69, 9.17) is 4.74 Å². The van der Waals surface area contributed by atoms with Crippen LogP contribution < -0.4 is 4.74 Å². The Kier molecular flexibility index (Phi) is 4.81. The molecule has 1 unspecified atom stereocenters. The molecule has 0 aliphatic rings. The molecule has 19 heavy (non-hydrogen) atoms. The molecule has 2 aromatic rings. The van der Waals surface area contributed by atoms with Gasteiger partial charge in [0.1, 0.15) is 6.04 Å². The van der Waals surface area contributed by atoms with E-state index in [2.05, 4.69) is 52.8 Å². The molecule has 2 rings (SSSR count). The first-order valence-corrected chi connectivity index (χ1v) is 7.70. The molecule has 0 fully saturated rings. The van der Waals surface area contributed by atoms with Gasteiger partial charge in [-0.3, -0.25) is 0 Å². The van der Waals surface area contributed by atoms with E-state index in [1.807, 2.05) is 12.1 Å². The van der Waals surface area contributed by atoms with Gasteiger partial charge in [0, 0.05) is 16.9 Å². The quantitative estimate of drug-likeness (QED) is 0.514. The van der Waals surface area contributed by atoms with E-state index in [1.165, 1.54) is 0 Å². The van der Waals surface area contributed by atoms with Crippen LogP contribution in [0.25, 0.3) is 0 Å². The monoisotopic (exact) mass is 450 g/mol. The van der Waals surface area contributed by atoms with Gasteiger partial charge in [-0.2, -0.15) is 0 Å². The van der Waals surface area contributed by atoms with Gasteiger partial charge in [-0.05, 0) is 50.9 Å². The maximum atomic E-state index is 12.1. The van der Waals surface area contributed by atoms with Crippen LogP contribution in [0.3, 0.4) is 0 Å². The highest BCUT2D eigenvalue weighted by atomic mass is 79.9. The Bertz CT molecular complexity index is 576. The number of imidazole rings is 1. The highest BCUT2D eigenvalue weighted by Gasteiger charge is 2.19. The zero-order valence-electron chi connectivity index (χ0n) is 9.81. The Labute approximate surface area is 135 Å². The molecule has 0 aliphatic carbocycles. The van der Waals surface area contributed by atoms with E-state index in [1.54, 1.807) is 30.2 Å². The Morgan fingerprint density at radius 3 is 2.47 bits per heavy atom. The van der Waals surface area contributed by atoms with E-state index in [9.17, 15) is 4.79 Å². The van der Waals surface area contributed by atoms with E-state index in [-0.39, 0.29) is 5.97 Å². The van der Waals surface area contributed by atoms with Crippen LogP contribution in [0.1, 0.15) is 13.0 Å². The average Bonchev–Trinajstić information content (AvgIpc) is 2.86. The van der Waals surface area contributed by atoms with E-state index >= 15 is 0 Å². The van der Waals surface area contributed by atoms with Crippen LogP contribution in [0.5, 0.6) is 5.75 Å². The lowest BCUT2D eigenvalue weighted by Gasteiger charge is -2.14. The third-order valence-electron chi connectivity index (χ3n) is 2.48. The maximum absolute atomic E-state index is 12.1. The number of hydrogen-bond acceptors (Lipinski definition) is 3. The predicted molar refractivity (Wildman–Crippen MR) is 82.1 cm³/mol. The van der Waals surface area contributed by atoms with Crippen molar-refractivity contribution in [1.82, 2.24) is 9.55 Å². The van der Waals surface area contributed by atoms with Crippen molar-refractivity contribution in [2.75, 3.05) is 0 Å². The van der Waals surface area contributed by atoms with Crippen molar-refractivity contribution in [1.29, 1.82) is 0 Å². The summed E-state index contributed by atoms with van der Waals surface area (Å²) in [6.45, 7) is 1.75. The van der Waals surface area contributed by atoms with Crippen molar-refractivity contribution in [2.45, 2.75) is 13.0 Å². The molecule has 0 amide bonds. The molecule has 100 valence electrons. The second-order valence-corrected chi connectivity index (χ2v) is 6.43. The molecule has 0 saturated heterocycles. The molecule has 0 N–H and O–H groups in total. The first-order valence-electron chi connectivity index (χ1n) is 5.32. The standard InChI is InChI=1S/C12H9Br3N2O2/c1-7(17-3-2-16-6-17)12(18)19-11-9(14)4-8(13)5-10(11)15/h2-7H,1H3. The zero-order chi connectivity index (χ0) is 14.0. The predicted octanol–water partition coefficient (Wildman–Crippen LogP) is 4.34. The molecular formula is C12H9Br3N2O2. The summed E-state index contributed by atoms with van der Waals surface area (Å²) in [5, 5.41) is 0. The van der Waals surface area contributed by atoms with Crippen LogP contribution in [0, 0.1) is 0 Å². The van der Waals surface area contributed by atoms with Crippen LogP contribution in [0.2, 0.25) is 0 Å².